The summed E-state index contributed by atoms with van der Waals surface area (Å²) in [5.74, 6) is 0.503. The summed E-state index contributed by atoms with van der Waals surface area (Å²) in [5, 5.41) is 2.82. The van der Waals surface area contributed by atoms with E-state index in [2.05, 4.69) is 20.3 Å². The van der Waals surface area contributed by atoms with Crippen molar-refractivity contribution in [3.05, 3.63) is 29.8 Å². The lowest BCUT2D eigenvalue weighted by Crippen LogP contribution is -2.31. The van der Waals surface area contributed by atoms with Crippen molar-refractivity contribution in [3.8, 4) is 17.1 Å². The average Bonchev–Trinajstić information content (AvgIpc) is 2.93. The molecule has 2 aromatic heterocycles. The van der Waals surface area contributed by atoms with Gasteiger partial charge in [-0.05, 0) is 6.07 Å². The minimum atomic E-state index is -0.0605. The van der Waals surface area contributed by atoms with Gasteiger partial charge in [0.25, 0.3) is 5.91 Å². The zero-order valence-electron chi connectivity index (χ0n) is 11.7. The van der Waals surface area contributed by atoms with Crippen LogP contribution in [0, 0.1) is 0 Å². The van der Waals surface area contributed by atoms with Crippen LogP contribution in [-0.2, 0) is 11.2 Å². The van der Waals surface area contributed by atoms with Crippen molar-refractivity contribution >= 4 is 5.91 Å². The molecule has 0 atom stereocenters. The van der Waals surface area contributed by atoms with E-state index in [4.69, 9.17) is 9.47 Å². The van der Waals surface area contributed by atoms with Crippen LogP contribution in [0.1, 0.15) is 16.1 Å². The van der Waals surface area contributed by atoms with Gasteiger partial charge in [-0.25, -0.2) is 9.97 Å². The standard InChI is InChI=1S/C14H16N4O3/c1-20-4-5-21-12-7-15-8-17-13(12)11-6-9-10(18-11)2-3-16-14(9)19/h6-8,18H,2-5H2,1H3,(H,16,19). The van der Waals surface area contributed by atoms with Crippen LogP contribution in [0.2, 0.25) is 0 Å². The van der Waals surface area contributed by atoms with E-state index in [0.29, 0.717) is 36.8 Å². The van der Waals surface area contributed by atoms with Crippen molar-refractivity contribution in [2.75, 3.05) is 26.9 Å². The second kappa shape index (κ2) is 5.92. The molecule has 0 spiro atoms. The van der Waals surface area contributed by atoms with Gasteiger partial charge in [0, 0.05) is 25.8 Å². The lowest BCUT2D eigenvalue weighted by molar-refractivity contribution is 0.0946. The van der Waals surface area contributed by atoms with Gasteiger partial charge in [0.1, 0.15) is 18.6 Å². The number of aromatic amines is 1. The molecule has 0 unspecified atom stereocenters. The highest BCUT2D eigenvalue weighted by molar-refractivity contribution is 5.97. The molecule has 0 fully saturated rings. The molecule has 3 rings (SSSR count). The molecule has 7 nitrogen and oxygen atoms in total. The third-order valence-electron chi connectivity index (χ3n) is 3.28. The summed E-state index contributed by atoms with van der Waals surface area (Å²) in [6.07, 6.45) is 3.85. The highest BCUT2D eigenvalue weighted by Gasteiger charge is 2.21. The molecule has 0 saturated heterocycles. The van der Waals surface area contributed by atoms with Gasteiger partial charge in [0.2, 0.25) is 0 Å². The molecule has 0 radical (unpaired) electrons. The largest absolute Gasteiger partial charge is 0.487 e. The highest BCUT2D eigenvalue weighted by atomic mass is 16.5. The third kappa shape index (κ3) is 2.73. The number of carbonyl (C=O) groups excluding carboxylic acids is 1. The highest BCUT2D eigenvalue weighted by Crippen LogP contribution is 2.28. The van der Waals surface area contributed by atoms with E-state index in [0.717, 1.165) is 17.8 Å². The van der Waals surface area contributed by atoms with E-state index in [9.17, 15) is 4.79 Å². The van der Waals surface area contributed by atoms with Gasteiger partial charge in [0.15, 0.2) is 5.75 Å². The van der Waals surface area contributed by atoms with Crippen LogP contribution >= 0.6 is 0 Å². The van der Waals surface area contributed by atoms with Gasteiger partial charge < -0.3 is 19.8 Å². The van der Waals surface area contributed by atoms with Crippen molar-refractivity contribution in [1.82, 2.24) is 20.3 Å². The first kappa shape index (κ1) is 13.6. The number of hydrogen-bond donors (Lipinski definition) is 2. The topological polar surface area (TPSA) is 89.1 Å². The van der Waals surface area contributed by atoms with Gasteiger partial charge in [-0.3, -0.25) is 4.79 Å². The van der Waals surface area contributed by atoms with E-state index in [1.807, 2.05) is 0 Å². The minimum Gasteiger partial charge on any atom is -0.487 e. The van der Waals surface area contributed by atoms with Gasteiger partial charge in [-0.2, -0.15) is 0 Å². The maximum Gasteiger partial charge on any atom is 0.253 e. The zero-order chi connectivity index (χ0) is 14.7. The maximum atomic E-state index is 11.8. The number of methoxy groups -OCH3 is 1. The molecule has 2 aromatic rings. The molecule has 2 N–H and O–H groups in total. The Hall–Kier alpha value is -2.41. The van der Waals surface area contributed by atoms with E-state index < -0.39 is 0 Å². The molecule has 0 aromatic carbocycles. The summed E-state index contributed by atoms with van der Waals surface area (Å²) in [6.45, 7) is 1.54. The Morgan fingerprint density at radius 3 is 3.10 bits per heavy atom. The minimum absolute atomic E-state index is 0.0605. The molecular formula is C14H16N4O3. The number of ether oxygens (including phenoxy) is 2. The number of H-pyrrole nitrogens is 1. The predicted molar refractivity (Wildman–Crippen MR) is 75.2 cm³/mol. The molecule has 21 heavy (non-hydrogen) atoms. The lowest BCUT2D eigenvalue weighted by atomic mass is 10.1. The molecule has 7 heteroatoms. The Labute approximate surface area is 121 Å². The summed E-state index contributed by atoms with van der Waals surface area (Å²) in [7, 11) is 1.61. The second-order valence-corrected chi connectivity index (χ2v) is 4.66. The molecule has 1 aliphatic heterocycles. The predicted octanol–water partition coefficient (Wildman–Crippen LogP) is 0.783. The van der Waals surface area contributed by atoms with Crippen molar-refractivity contribution in [3.63, 3.8) is 0 Å². The quantitative estimate of drug-likeness (QED) is 0.794. The molecule has 110 valence electrons. The Bertz CT molecular complexity index is 653. The molecule has 1 amide bonds. The first-order valence-corrected chi connectivity index (χ1v) is 6.72. The van der Waals surface area contributed by atoms with Crippen LogP contribution in [0.5, 0.6) is 5.75 Å². The molecule has 0 aliphatic carbocycles. The normalized spacial score (nSPS) is 13.7. The van der Waals surface area contributed by atoms with Crippen molar-refractivity contribution in [2.45, 2.75) is 6.42 Å². The Balaban J connectivity index is 1.91. The Morgan fingerprint density at radius 2 is 2.29 bits per heavy atom. The zero-order valence-corrected chi connectivity index (χ0v) is 11.7. The van der Waals surface area contributed by atoms with E-state index in [1.54, 1.807) is 19.4 Å². The van der Waals surface area contributed by atoms with Crippen LogP contribution in [-0.4, -0.2) is 47.7 Å². The SMILES string of the molecule is COCCOc1cncnc1-c1cc2c([nH]1)CCNC2=O. The number of aromatic nitrogens is 3. The van der Waals surface area contributed by atoms with Crippen LogP contribution in [0.15, 0.2) is 18.6 Å². The second-order valence-electron chi connectivity index (χ2n) is 4.66. The summed E-state index contributed by atoms with van der Waals surface area (Å²) in [6, 6.07) is 1.80. The number of hydrogen-bond acceptors (Lipinski definition) is 5. The van der Waals surface area contributed by atoms with Crippen LogP contribution in [0.3, 0.4) is 0 Å². The molecule has 3 heterocycles. The smallest absolute Gasteiger partial charge is 0.253 e. The summed E-state index contributed by atoms with van der Waals surface area (Å²) < 4.78 is 10.6. The first-order chi connectivity index (χ1) is 10.3. The van der Waals surface area contributed by atoms with E-state index in [1.165, 1.54) is 6.33 Å². The Kier molecular flexibility index (Phi) is 3.83. The van der Waals surface area contributed by atoms with Crippen LogP contribution in [0.25, 0.3) is 11.4 Å². The molecule has 0 bridgehead atoms. The average molecular weight is 288 g/mol. The van der Waals surface area contributed by atoms with E-state index >= 15 is 0 Å². The summed E-state index contributed by atoms with van der Waals surface area (Å²) in [5.41, 5.74) is 2.99. The molecule has 0 saturated carbocycles. The van der Waals surface area contributed by atoms with Crippen molar-refractivity contribution < 1.29 is 14.3 Å². The fraction of sp³-hybridized carbons (Fsp3) is 0.357. The number of nitrogens with zero attached hydrogens (tertiary/aromatic N) is 2. The van der Waals surface area contributed by atoms with E-state index in [-0.39, 0.29) is 5.91 Å². The number of nitrogens with one attached hydrogen (secondary N) is 2. The van der Waals surface area contributed by atoms with Crippen LogP contribution < -0.4 is 10.1 Å². The first-order valence-electron chi connectivity index (χ1n) is 6.72. The Morgan fingerprint density at radius 1 is 1.38 bits per heavy atom. The van der Waals surface area contributed by atoms with Gasteiger partial charge in [-0.1, -0.05) is 0 Å². The van der Waals surface area contributed by atoms with Gasteiger partial charge >= 0.3 is 0 Å². The third-order valence-corrected chi connectivity index (χ3v) is 3.28. The maximum absolute atomic E-state index is 11.8. The van der Waals surface area contributed by atoms with Gasteiger partial charge in [-0.15, -0.1) is 0 Å². The number of carbonyl (C=O) groups is 1. The van der Waals surface area contributed by atoms with Crippen LogP contribution in [0.4, 0.5) is 0 Å². The lowest BCUT2D eigenvalue weighted by Gasteiger charge is -2.11. The fourth-order valence-corrected chi connectivity index (χ4v) is 2.28. The van der Waals surface area contributed by atoms with Crippen molar-refractivity contribution in [2.24, 2.45) is 0 Å². The summed E-state index contributed by atoms with van der Waals surface area (Å²) in [4.78, 5) is 23.3. The number of fused-ring (bicyclic) bond motifs is 1. The van der Waals surface area contributed by atoms with Crippen molar-refractivity contribution in [1.29, 1.82) is 0 Å². The molecular weight excluding hydrogens is 272 g/mol. The monoisotopic (exact) mass is 288 g/mol. The molecule has 1 aliphatic rings. The number of rotatable bonds is 5. The summed E-state index contributed by atoms with van der Waals surface area (Å²) >= 11 is 0. The van der Waals surface area contributed by atoms with Gasteiger partial charge in [0.05, 0.1) is 24.1 Å². The fourth-order valence-electron chi connectivity index (χ4n) is 2.28. The number of amides is 1.